The first-order valence-electron chi connectivity index (χ1n) is 9.73. The number of hydrogen-bond acceptors (Lipinski definition) is 7. The molecule has 0 fully saturated rings. The molecule has 3 rings (SSSR count). The lowest BCUT2D eigenvalue weighted by Gasteiger charge is -2.17. The molecule has 2 heterocycles. The summed E-state index contributed by atoms with van der Waals surface area (Å²) >= 11 is 6.13. The topological polar surface area (TPSA) is 98.3 Å². The molecular weight excluding hydrogens is 382 g/mol. The summed E-state index contributed by atoms with van der Waals surface area (Å²) in [5, 5.41) is 2.93. The minimum atomic E-state index is -2.74. The molecule has 0 spiro atoms. The van der Waals surface area contributed by atoms with E-state index >= 15 is 0 Å². The number of pyridine rings is 1. The number of ether oxygens (including phenoxy) is 1. The Hall–Kier alpha value is -3.23. The monoisotopic (exact) mass is 402 g/mol. The molecule has 0 aliphatic rings. The third kappa shape index (κ3) is 4.19. The standard InChI is InChI=1S/C19H18ClN5O3/c1-3-28-25-19(26)15-13(8-11-21-17(15)20)24-14-7-4-6-12(16(14)27-2)18-22-9-5-10-23-18/h4-11H,3H2,1-2H3,(H,21,24)(H,25,26)/i2D3. The summed E-state index contributed by atoms with van der Waals surface area (Å²) in [5.74, 6) is -0.367. The quantitative estimate of drug-likeness (QED) is 0.460. The minimum absolute atomic E-state index is 0.0128. The molecule has 0 aliphatic carbocycles. The van der Waals surface area contributed by atoms with Crippen molar-refractivity contribution < 1.29 is 18.5 Å². The summed E-state index contributed by atoms with van der Waals surface area (Å²) in [4.78, 5) is 29.7. The molecule has 1 amide bonds. The summed E-state index contributed by atoms with van der Waals surface area (Å²) in [5.41, 5.74) is 3.14. The van der Waals surface area contributed by atoms with E-state index < -0.39 is 12.9 Å². The molecule has 2 N–H and O–H groups in total. The van der Waals surface area contributed by atoms with E-state index in [1.807, 2.05) is 0 Å². The van der Waals surface area contributed by atoms with E-state index in [1.54, 1.807) is 31.2 Å². The molecule has 1 aromatic carbocycles. The highest BCUT2D eigenvalue weighted by molar-refractivity contribution is 6.33. The number of anilines is 2. The van der Waals surface area contributed by atoms with Crippen molar-refractivity contribution in [3.63, 3.8) is 0 Å². The van der Waals surface area contributed by atoms with E-state index in [-0.39, 0.29) is 40.3 Å². The Balaban J connectivity index is 2.08. The van der Waals surface area contributed by atoms with Crippen molar-refractivity contribution in [2.75, 3.05) is 19.0 Å². The molecule has 0 aliphatic heterocycles. The molecule has 28 heavy (non-hydrogen) atoms. The Kier molecular flexibility index (Phi) is 5.14. The second kappa shape index (κ2) is 9.12. The molecule has 0 saturated carbocycles. The Morgan fingerprint density at radius 3 is 2.71 bits per heavy atom. The predicted octanol–water partition coefficient (Wildman–Crippen LogP) is 3.63. The van der Waals surface area contributed by atoms with Gasteiger partial charge < -0.3 is 10.1 Å². The summed E-state index contributed by atoms with van der Waals surface area (Å²) in [6.45, 7) is 1.96. The van der Waals surface area contributed by atoms with Crippen LogP contribution in [-0.2, 0) is 4.84 Å². The maximum Gasteiger partial charge on any atom is 0.280 e. The van der Waals surface area contributed by atoms with Crippen LogP contribution < -0.4 is 15.5 Å². The van der Waals surface area contributed by atoms with Crippen LogP contribution in [0.25, 0.3) is 11.4 Å². The van der Waals surface area contributed by atoms with Crippen LogP contribution in [0.4, 0.5) is 11.4 Å². The Morgan fingerprint density at radius 1 is 1.14 bits per heavy atom. The fourth-order valence-corrected chi connectivity index (χ4v) is 2.69. The van der Waals surface area contributed by atoms with Crippen molar-refractivity contribution >= 4 is 28.9 Å². The second-order valence-corrected chi connectivity index (χ2v) is 5.73. The van der Waals surface area contributed by atoms with Crippen LogP contribution in [0.3, 0.4) is 0 Å². The van der Waals surface area contributed by atoms with Gasteiger partial charge in [-0.2, -0.15) is 0 Å². The predicted molar refractivity (Wildman–Crippen MR) is 106 cm³/mol. The number of benzene rings is 1. The zero-order chi connectivity index (χ0) is 22.4. The number of nitrogens with one attached hydrogen (secondary N) is 2. The first kappa shape index (κ1) is 15.8. The van der Waals surface area contributed by atoms with Crippen LogP contribution in [-0.4, -0.2) is 34.5 Å². The molecule has 9 heteroatoms. The van der Waals surface area contributed by atoms with Gasteiger partial charge in [0.05, 0.1) is 34.7 Å². The van der Waals surface area contributed by atoms with Gasteiger partial charge in [-0.15, -0.1) is 0 Å². The lowest BCUT2D eigenvalue weighted by atomic mass is 10.1. The van der Waals surface area contributed by atoms with Gasteiger partial charge in [0, 0.05) is 18.6 Å². The fraction of sp³-hybridized carbons (Fsp3) is 0.158. The first-order valence-corrected chi connectivity index (χ1v) is 8.61. The van der Waals surface area contributed by atoms with E-state index in [0.29, 0.717) is 5.56 Å². The molecule has 2 aromatic heterocycles. The molecule has 0 radical (unpaired) electrons. The van der Waals surface area contributed by atoms with Crippen LogP contribution in [0.15, 0.2) is 48.9 Å². The van der Waals surface area contributed by atoms with Crippen molar-refractivity contribution in [1.29, 1.82) is 0 Å². The van der Waals surface area contributed by atoms with Gasteiger partial charge in [0.15, 0.2) is 11.6 Å². The van der Waals surface area contributed by atoms with Gasteiger partial charge in [-0.25, -0.2) is 20.4 Å². The summed E-state index contributed by atoms with van der Waals surface area (Å²) in [6.07, 6.45) is 4.46. The maximum absolute atomic E-state index is 12.5. The van der Waals surface area contributed by atoms with E-state index in [9.17, 15) is 4.79 Å². The van der Waals surface area contributed by atoms with Crippen molar-refractivity contribution in [3.8, 4) is 17.1 Å². The lowest BCUT2D eigenvalue weighted by Crippen LogP contribution is -2.25. The van der Waals surface area contributed by atoms with Crippen molar-refractivity contribution in [1.82, 2.24) is 20.4 Å². The summed E-state index contributed by atoms with van der Waals surface area (Å²) in [6, 6.07) is 8.04. The van der Waals surface area contributed by atoms with Crippen LogP contribution in [0, 0.1) is 0 Å². The molecule has 8 nitrogen and oxygen atoms in total. The Bertz CT molecular complexity index is 1070. The number of nitrogens with zero attached hydrogens (tertiary/aromatic N) is 3. The number of hydrogen-bond donors (Lipinski definition) is 2. The Labute approximate surface area is 171 Å². The van der Waals surface area contributed by atoms with Crippen LogP contribution in [0.5, 0.6) is 5.75 Å². The number of halogens is 1. The number of para-hydroxylation sites is 1. The summed E-state index contributed by atoms with van der Waals surface area (Å²) in [7, 11) is -2.74. The normalized spacial score (nSPS) is 12.4. The highest BCUT2D eigenvalue weighted by Crippen LogP contribution is 2.37. The van der Waals surface area contributed by atoms with Gasteiger partial charge >= 0.3 is 0 Å². The van der Waals surface area contributed by atoms with E-state index in [0.717, 1.165) is 0 Å². The molecular formula is C19H18ClN5O3. The first-order chi connectivity index (χ1) is 14.8. The second-order valence-electron chi connectivity index (χ2n) is 5.37. The summed E-state index contributed by atoms with van der Waals surface area (Å²) < 4.78 is 27.9. The largest absolute Gasteiger partial charge is 0.494 e. The van der Waals surface area contributed by atoms with Gasteiger partial charge in [-0.3, -0.25) is 9.63 Å². The maximum atomic E-state index is 12.5. The van der Waals surface area contributed by atoms with Crippen molar-refractivity contribution in [3.05, 3.63) is 59.6 Å². The lowest BCUT2D eigenvalue weighted by molar-refractivity contribution is 0.0365. The van der Waals surface area contributed by atoms with Crippen molar-refractivity contribution in [2.24, 2.45) is 0 Å². The smallest absolute Gasteiger partial charge is 0.280 e. The van der Waals surface area contributed by atoms with E-state index in [2.05, 4.69) is 25.7 Å². The average Bonchev–Trinajstić information content (AvgIpc) is 2.73. The number of methoxy groups -OCH3 is 1. The van der Waals surface area contributed by atoms with Gasteiger partial charge in [0.1, 0.15) is 10.7 Å². The third-order valence-corrected chi connectivity index (χ3v) is 3.92. The fourth-order valence-electron chi connectivity index (χ4n) is 2.45. The number of aromatic nitrogens is 3. The van der Waals surface area contributed by atoms with Crippen LogP contribution >= 0.6 is 11.6 Å². The van der Waals surface area contributed by atoms with Gasteiger partial charge in [0.2, 0.25) is 0 Å². The Morgan fingerprint density at radius 2 is 1.96 bits per heavy atom. The van der Waals surface area contributed by atoms with Gasteiger partial charge in [-0.1, -0.05) is 17.7 Å². The number of carbonyl (C=O) groups excluding carboxylic acids is 1. The molecule has 3 aromatic rings. The average molecular weight is 403 g/mol. The highest BCUT2D eigenvalue weighted by Gasteiger charge is 2.19. The zero-order valence-electron chi connectivity index (χ0n) is 17.8. The number of amides is 1. The third-order valence-electron chi connectivity index (χ3n) is 3.63. The number of rotatable bonds is 7. The SMILES string of the molecule is [2H]C([2H])([2H])Oc1c(Nc2ccnc(Cl)c2C(=O)NOCC)cccc1-c1ncccn1. The molecule has 0 unspecified atom stereocenters. The van der Waals surface area contributed by atoms with Crippen molar-refractivity contribution in [2.45, 2.75) is 6.92 Å². The molecule has 144 valence electrons. The van der Waals surface area contributed by atoms with Crippen LogP contribution in [0.1, 0.15) is 21.4 Å². The molecule has 0 saturated heterocycles. The number of carbonyl (C=O) groups is 1. The minimum Gasteiger partial charge on any atom is -0.494 e. The zero-order valence-corrected chi connectivity index (χ0v) is 15.5. The van der Waals surface area contributed by atoms with E-state index in [4.69, 9.17) is 25.3 Å². The van der Waals surface area contributed by atoms with Crippen LogP contribution in [0.2, 0.25) is 5.15 Å². The molecule has 0 atom stereocenters. The highest BCUT2D eigenvalue weighted by atomic mass is 35.5. The number of hydroxylamine groups is 1. The molecule has 0 bridgehead atoms. The van der Waals surface area contributed by atoms with Gasteiger partial charge in [-0.05, 0) is 31.2 Å². The van der Waals surface area contributed by atoms with E-state index in [1.165, 1.54) is 24.7 Å². The van der Waals surface area contributed by atoms with Gasteiger partial charge in [0.25, 0.3) is 5.91 Å².